The predicted octanol–water partition coefficient (Wildman–Crippen LogP) is 1.35. The van der Waals surface area contributed by atoms with Crippen LogP contribution < -0.4 is 5.32 Å². The standard InChI is InChI=1S/C11H17NO/c1-7(13)10-8-2-3-11(4-5-11)9(8)6-12-10/h8-10,12H,2-6H2,1H3/t8?,9?,10-/m1/s1. The summed E-state index contributed by atoms with van der Waals surface area (Å²) in [6, 6.07) is 0.199. The van der Waals surface area contributed by atoms with Gasteiger partial charge in [0, 0.05) is 0 Å². The lowest BCUT2D eigenvalue weighted by Gasteiger charge is -2.16. The minimum absolute atomic E-state index is 0.199. The third-order valence-electron chi connectivity index (χ3n) is 4.59. The van der Waals surface area contributed by atoms with Gasteiger partial charge in [-0.1, -0.05) is 0 Å². The summed E-state index contributed by atoms with van der Waals surface area (Å²) >= 11 is 0. The molecule has 0 aromatic heterocycles. The van der Waals surface area contributed by atoms with E-state index in [2.05, 4.69) is 5.32 Å². The van der Waals surface area contributed by atoms with Crippen molar-refractivity contribution >= 4 is 5.78 Å². The molecule has 3 aliphatic rings. The molecule has 0 amide bonds. The first kappa shape index (κ1) is 7.98. The summed E-state index contributed by atoms with van der Waals surface area (Å²) in [5, 5.41) is 3.40. The molecule has 0 aromatic rings. The Balaban J connectivity index is 1.83. The van der Waals surface area contributed by atoms with Crippen LogP contribution in [-0.2, 0) is 4.79 Å². The van der Waals surface area contributed by atoms with Gasteiger partial charge >= 0.3 is 0 Å². The third-order valence-corrected chi connectivity index (χ3v) is 4.59. The van der Waals surface area contributed by atoms with E-state index in [0.717, 1.165) is 12.5 Å². The van der Waals surface area contributed by atoms with Gasteiger partial charge in [0.2, 0.25) is 0 Å². The van der Waals surface area contributed by atoms with E-state index < -0.39 is 0 Å². The SMILES string of the molecule is CC(=O)[C@H]1NCC2C1CCC21CC1. The number of carbonyl (C=O) groups is 1. The first-order chi connectivity index (χ1) is 6.23. The number of fused-ring (bicyclic) bond motifs is 2. The molecular formula is C11H17NO. The van der Waals surface area contributed by atoms with Crippen molar-refractivity contribution < 1.29 is 4.79 Å². The van der Waals surface area contributed by atoms with Gasteiger partial charge in [0.1, 0.15) is 5.78 Å². The van der Waals surface area contributed by atoms with Crippen LogP contribution in [0.4, 0.5) is 0 Å². The average molecular weight is 179 g/mol. The van der Waals surface area contributed by atoms with Crippen LogP contribution in [0.1, 0.15) is 32.6 Å². The quantitative estimate of drug-likeness (QED) is 0.658. The molecule has 1 N–H and O–H groups in total. The van der Waals surface area contributed by atoms with E-state index in [1.807, 2.05) is 0 Å². The van der Waals surface area contributed by atoms with Crippen molar-refractivity contribution in [2.24, 2.45) is 17.3 Å². The van der Waals surface area contributed by atoms with Crippen molar-refractivity contribution in [1.82, 2.24) is 5.32 Å². The van der Waals surface area contributed by atoms with Crippen molar-refractivity contribution in [2.45, 2.75) is 38.6 Å². The molecular weight excluding hydrogens is 162 g/mol. The van der Waals surface area contributed by atoms with Crippen molar-refractivity contribution in [3.63, 3.8) is 0 Å². The summed E-state index contributed by atoms with van der Waals surface area (Å²) in [5.41, 5.74) is 0.696. The van der Waals surface area contributed by atoms with E-state index in [4.69, 9.17) is 0 Å². The maximum Gasteiger partial charge on any atom is 0.146 e. The predicted molar refractivity (Wildman–Crippen MR) is 50.4 cm³/mol. The third kappa shape index (κ3) is 0.954. The number of Topliss-reactive ketones (excluding diaryl/α,β-unsaturated/α-hetero) is 1. The summed E-state index contributed by atoms with van der Waals surface area (Å²) in [6.07, 6.45) is 5.55. The Kier molecular flexibility index (Phi) is 1.44. The Morgan fingerprint density at radius 2 is 2.15 bits per heavy atom. The van der Waals surface area contributed by atoms with Crippen molar-refractivity contribution in [2.75, 3.05) is 6.54 Å². The highest BCUT2D eigenvalue weighted by atomic mass is 16.1. The van der Waals surface area contributed by atoms with E-state index >= 15 is 0 Å². The normalized spacial score (nSPS) is 45.2. The molecule has 1 heterocycles. The van der Waals surface area contributed by atoms with Crippen molar-refractivity contribution in [3.05, 3.63) is 0 Å². The van der Waals surface area contributed by atoms with Crippen molar-refractivity contribution in [3.8, 4) is 0 Å². The average Bonchev–Trinajstić information content (AvgIpc) is 2.57. The van der Waals surface area contributed by atoms with Crippen LogP contribution in [0.25, 0.3) is 0 Å². The zero-order chi connectivity index (χ0) is 9.05. The highest BCUT2D eigenvalue weighted by molar-refractivity contribution is 5.82. The maximum atomic E-state index is 11.4. The summed E-state index contributed by atoms with van der Waals surface area (Å²) in [4.78, 5) is 11.4. The van der Waals surface area contributed by atoms with Crippen LogP contribution in [0.2, 0.25) is 0 Å². The molecule has 2 saturated carbocycles. The lowest BCUT2D eigenvalue weighted by Crippen LogP contribution is -2.33. The molecule has 3 fully saturated rings. The number of ketones is 1. The molecule has 13 heavy (non-hydrogen) atoms. The van der Waals surface area contributed by atoms with Crippen LogP contribution in [0.3, 0.4) is 0 Å². The van der Waals surface area contributed by atoms with Gasteiger partial charge in [0.05, 0.1) is 6.04 Å². The highest BCUT2D eigenvalue weighted by Gasteiger charge is 2.59. The Hall–Kier alpha value is -0.370. The van der Waals surface area contributed by atoms with E-state index in [-0.39, 0.29) is 6.04 Å². The molecule has 2 aliphatic carbocycles. The smallest absolute Gasteiger partial charge is 0.146 e. The van der Waals surface area contributed by atoms with Gasteiger partial charge in [-0.25, -0.2) is 0 Å². The summed E-state index contributed by atoms with van der Waals surface area (Å²) in [6.45, 7) is 2.84. The summed E-state index contributed by atoms with van der Waals surface area (Å²) < 4.78 is 0. The van der Waals surface area contributed by atoms with Crippen LogP contribution in [-0.4, -0.2) is 18.4 Å². The number of nitrogens with one attached hydrogen (secondary N) is 1. The second-order valence-corrected chi connectivity index (χ2v) is 5.17. The van der Waals surface area contributed by atoms with E-state index in [1.54, 1.807) is 6.92 Å². The van der Waals surface area contributed by atoms with E-state index in [9.17, 15) is 4.79 Å². The minimum Gasteiger partial charge on any atom is -0.307 e. The van der Waals surface area contributed by atoms with Gasteiger partial charge in [0.15, 0.2) is 0 Å². The monoisotopic (exact) mass is 179 g/mol. The van der Waals surface area contributed by atoms with Crippen LogP contribution in [0, 0.1) is 17.3 Å². The van der Waals surface area contributed by atoms with Gasteiger partial charge in [-0.2, -0.15) is 0 Å². The molecule has 72 valence electrons. The zero-order valence-electron chi connectivity index (χ0n) is 8.18. The molecule has 3 atom stereocenters. The lowest BCUT2D eigenvalue weighted by molar-refractivity contribution is -0.119. The fraction of sp³-hybridized carbons (Fsp3) is 0.909. The molecule has 2 heteroatoms. The second-order valence-electron chi connectivity index (χ2n) is 5.17. The number of rotatable bonds is 1. The molecule has 2 nitrogen and oxygen atoms in total. The fourth-order valence-corrected chi connectivity index (χ4v) is 3.69. The number of carbonyl (C=O) groups excluding carboxylic acids is 1. The molecule has 1 aliphatic heterocycles. The highest BCUT2D eigenvalue weighted by Crippen LogP contribution is 2.64. The Bertz CT molecular complexity index is 257. The molecule has 3 rings (SSSR count). The van der Waals surface area contributed by atoms with Gasteiger partial charge in [-0.3, -0.25) is 4.79 Å². The lowest BCUT2D eigenvalue weighted by atomic mass is 9.86. The van der Waals surface area contributed by atoms with Crippen LogP contribution >= 0.6 is 0 Å². The number of hydrogen-bond donors (Lipinski definition) is 1. The van der Waals surface area contributed by atoms with Crippen molar-refractivity contribution in [1.29, 1.82) is 0 Å². The molecule has 1 saturated heterocycles. The molecule has 0 aromatic carbocycles. The molecule has 2 unspecified atom stereocenters. The van der Waals surface area contributed by atoms with E-state index in [1.165, 1.54) is 25.7 Å². The molecule has 0 bridgehead atoms. The first-order valence-corrected chi connectivity index (χ1v) is 5.47. The Labute approximate surface area is 79.1 Å². The van der Waals surface area contributed by atoms with Gasteiger partial charge in [-0.15, -0.1) is 0 Å². The first-order valence-electron chi connectivity index (χ1n) is 5.47. The topological polar surface area (TPSA) is 29.1 Å². The molecule has 1 spiro atoms. The van der Waals surface area contributed by atoms with E-state index in [0.29, 0.717) is 17.1 Å². The molecule has 0 radical (unpaired) electrons. The number of hydrogen-bond acceptors (Lipinski definition) is 2. The second kappa shape index (κ2) is 2.35. The maximum absolute atomic E-state index is 11.4. The Morgan fingerprint density at radius 1 is 1.38 bits per heavy atom. The zero-order valence-corrected chi connectivity index (χ0v) is 8.18. The minimum atomic E-state index is 0.199. The van der Waals surface area contributed by atoms with Crippen LogP contribution in [0.15, 0.2) is 0 Å². The summed E-state index contributed by atoms with van der Waals surface area (Å²) in [7, 11) is 0. The largest absolute Gasteiger partial charge is 0.307 e. The van der Waals surface area contributed by atoms with Gasteiger partial charge in [-0.05, 0) is 56.4 Å². The van der Waals surface area contributed by atoms with Crippen LogP contribution in [0.5, 0.6) is 0 Å². The van der Waals surface area contributed by atoms with Gasteiger partial charge in [0.25, 0.3) is 0 Å². The van der Waals surface area contributed by atoms with Gasteiger partial charge < -0.3 is 5.32 Å². The fourth-order valence-electron chi connectivity index (χ4n) is 3.69. The Morgan fingerprint density at radius 3 is 2.77 bits per heavy atom. The summed E-state index contributed by atoms with van der Waals surface area (Å²) in [5.74, 6) is 1.87.